The fourth-order valence-corrected chi connectivity index (χ4v) is 4.29. The lowest BCUT2D eigenvalue weighted by molar-refractivity contribution is -0.0203. The van der Waals surface area contributed by atoms with E-state index in [9.17, 15) is 0 Å². The van der Waals surface area contributed by atoms with Gasteiger partial charge in [0.25, 0.3) is 0 Å². The Morgan fingerprint density at radius 1 is 1.26 bits per heavy atom. The predicted molar refractivity (Wildman–Crippen MR) is 106 cm³/mol. The van der Waals surface area contributed by atoms with Crippen molar-refractivity contribution in [1.82, 2.24) is 19.7 Å². The molecule has 2 aliphatic rings. The molecule has 4 rings (SSSR count). The molecule has 1 N–H and O–H groups in total. The lowest BCUT2D eigenvalue weighted by atomic mass is 9.94. The zero-order chi connectivity index (χ0) is 18.8. The molecule has 0 radical (unpaired) electrons. The van der Waals surface area contributed by atoms with E-state index >= 15 is 0 Å². The average Bonchev–Trinajstić information content (AvgIpc) is 3.31. The van der Waals surface area contributed by atoms with E-state index in [0.717, 1.165) is 50.6 Å². The van der Waals surface area contributed by atoms with E-state index in [-0.39, 0.29) is 6.10 Å². The Bertz CT molecular complexity index is 760. The molecule has 0 spiro atoms. The number of aryl methyl sites for hydroxylation is 1. The number of nitrogens with zero attached hydrogens (tertiary/aromatic N) is 5. The van der Waals surface area contributed by atoms with E-state index in [0.29, 0.717) is 17.9 Å². The first-order valence-electron chi connectivity index (χ1n) is 10.0. The molecule has 0 bridgehead atoms. The van der Waals surface area contributed by atoms with Crippen LogP contribution in [0.4, 0.5) is 11.6 Å². The Morgan fingerprint density at radius 3 is 2.93 bits per heavy atom. The summed E-state index contributed by atoms with van der Waals surface area (Å²) in [5.74, 6) is 2.90. The molecule has 0 amide bonds. The number of anilines is 2. The molecule has 0 saturated carbocycles. The van der Waals surface area contributed by atoms with Crippen LogP contribution in [-0.4, -0.2) is 51.6 Å². The predicted octanol–water partition coefficient (Wildman–Crippen LogP) is 2.82. The van der Waals surface area contributed by atoms with Crippen molar-refractivity contribution in [3.63, 3.8) is 0 Å². The molecular formula is C20H30N6O. The van der Waals surface area contributed by atoms with Gasteiger partial charge in [-0.05, 0) is 30.7 Å². The standard InChI is InChI=1S/C20H30N6O/c1-14(2)20-17(5-4-8-27-20)24-18-9-19(22-13-21-18)26-7-6-15(12-26)16-10-23-25(3)11-16/h9-11,13-15,17,20H,4-8,12H2,1-3H3,(H,21,22,24)/t15-,17+,20+/m1/s1. The molecule has 7 heteroatoms. The Labute approximate surface area is 161 Å². The molecule has 146 valence electrons. The summed E-state index contributed by atoms with van der Waals surface area (Å²) in [6.07, 6.45) is 9.35. The summed E-state index contributed by atoms with van der Waals surface area (Å²) in [5, 5.41) is 7.92. The van der Waals surface area contributed by atoms with Crippen molar-refractivity contribution in [2.75, 3.05) is 29.9 Å². The van der Waals surface area contributed by atoms with Gasteiger partial charge in [-0.3, -0.25) is 4.68 Å². The summed E-state index contributed by atoms with van der Waals surface area (Å²) in [7, 11) is 1.97. The van der Waals surface area contributed by atoms with Crippen molar-refractivity contribution in [2.45, 2.75) is 51.2 Å². The van der Waals surface area contributed by atoms with E-state index < -0.39 is 0 Å². The van der Waals surface area contributed by atoms with Crippen LogP contribution in [0.25, 0.3) is 0 Å². The SMILES string of the molecule is CC(C)[C@@H]1OCCC[C@@H]1Nc1cc(N2CC[C@@H](c3cnn(C)c3)C2)ncn1. The highest BCUT2D eigenvalue weighted by Crippen LogP contribution is 2.30. The zero-order valence-corrected chi connectivity index (χ0v) is 16.5. The summed E-state index contributed by atoms with van der Waals surface area (Å²) in [5.41, 5.74) is 1.31. The van der Waals surface area contributed by atoms with Crippen molar-refractivity contribution < 1.29 is 4.74 Å². The number of ether oxygens (including phenoxy) is 1. The average molecular weight is 371 g/mol. The van der Waals surface area contributed by atoms with E-state index in [2.05, 4.69) is 51.4 Å². The van der Waals surface area contributed by atoms with Gasteiger partial charge in [-0.2, -0.15) is 5.10 Å². The van der Waals surface area contributed by atoms with Gasteiger partial charge in [-0.15, -0.1) is 0 Å². The molecule has 2 aromatic rings. The Kier molecular flexibility index (Phi) is 5.29. The number of hydrogen-bond acceptors (Lipinski definition) is 6. The van der Waals surface area contributed by atoms with E-state index in [1.165, 1.54) is 5.56 Å². The first kappa shape index (κ1) is 18.2. The Balaban J connectivity index is 1.43. The summed E-state index contributed by atoms with van der Waals surface area (Å²) in [6, 6.07) is 2.39. The summed E-state index contributed by atoms with van der Waals surface area (Å²) in [4.78, 5) is 11.3. The smallest absolute Gasteiger partial charge is 0.134 e. The molecule has 3 atom stereocenters. The minimum atomic E-state index is 0.235. The molecule has 2 aliphatic heterocycles. The molecule has 0 aromatic carbocycles. The lowest BCUT2D eigenvalue weighted by Crippen LogP contribution is -2.43. The third-order valence-electron chi connectivity index (χ3n) is 5.72. The topological polar surface area (TPSA) is 68.1 Å². The quantitative estimate of drug-likeness (QED) is 0.873. The highest BCUT2D eigenvalue weighted by Gasteiger charge is 2.29. The zero-order valence-electron chi connectivity index (χ0n) is 16.5. The van der Waals surface area contributed by atoms with E-state index in [4.69, 9.17) is 4.74 Å². The molecule has 7 nitrogen and oxygen atoms in total. The number of aromatic nitrogens is 4. The van der Waals surface area contributed by atoms with Gasteiger partial charge in [0.15, 0.2) is 0 Å². The summed E-state index contributed by atoms with van der Waals surface area (Å²) < 4.78 is 7.87. The number of rotatable bonds is 5. The molecule has 4 heterocycles. The van der Waals surface area contributed by atoms with Crippen molar-refractivity contribution in [2.24, 2.45) is 13.0 Å². The minimum absolute atomic E-state index is 0.235. The van der Waals surface area contributed by atoms with Crippen LogP contribution >= 0.6 is 0 Å². The van der Waals surface area contributed by atoms with Crippen molar-refractivity contribution in [3.8, 4) is 0 Å². The van der Waals surface area contributed by atoms with Crippen LogP contribution in [0, 0.1) is 5.92 Å². The van der Waals surface area contributed by atoms with Gasteiger partial charge >= 0.3 is 0 Å². The maximum Gasteiger partial charge on any atom is 0.134 e. The van der Waals surface area contributed by atoms with Gasteiger partial charge in [0.1, 0.15) is 18.0 Å². The van der Waals surface area contributed by atoms with Crippen LogP contribution in [0.3, 0.4) is 0 Å². The van der Waals surface area contributed by atoms with Gasteiger partial charge in [0.2, 0.25) is 0 Å². The summed E-state index contributed by atoms with van der Waals surface area (Å²) >= 11 is 0. The van der Waals surface area contributed by atoms with Crippen molar-refractivity contribution in [3.05, 3.63) is 30.4 Å². The molecule has 2 saturated heterocycles. The fourth-order valence-electron chi connectivity index (χ4n) is 4.29. The van der Waals surface area contributed by atoms with Crippen molar-refractivity contribution >= 4 is 11.6 Å². The van der Waals surface area contributed by atoms with Gasteiger partial charge < -0.3 is 15.0 Å². The number of hydrogen-bond donors (Lipinski definition) is 1. The molecule has 27 heavy (non-hydrogen) atoms. The normalized spacial score (nSPS) is 25.9. The van der Waals surface area contributed by atoms with Gasteiger partial charge in [-0.1, -0.05) is 13.8 Å². The lowest BCUT2D eigenvalue weighted by Gasteiger charge is -2.35. The van der Waals surface area contributed by atoms with E-state index in [1.54, 1.807) is 6.33 Å². The molecular weight excluding hydrogens is 340 g/mol. The van der Waals surface area contributed by atoms with Crippen LogP contribution in [0.15, 0.2) is 24.8 Å². The molecule has 0 unspecified atom stereocenters. The monoisotopic (exact) mass is 370 g/mol. The third-order valence-corrected chi connectivity index (χ3v) is 5.72. The van der Waals surface area contributed by atoms with Crippen LogP contribution < -0.4 is 10.2 Å². The fraction of sp³-hybridized carbons (Fsp3) is 0.650. The highest BCUT2D eigenvalue weighted by molar-refractivity contribution is 5.50. The Morgan fingerprint density at radius 2 is 2.15 bits per heavy atom. The molecule has 0 aliphatic carbocycles. The maximum absolute atomic E-state index is 6.00. The van der Waals surface area contributed by atoms with Gasteiger partial charge in [0.05, 0.1) is 18.3 Å². The second-order valence-corrected chi connectivity index (χ2v) is 8.11. The first-order valence-corrected chi connectivity index (χ1v) is 10.0. The minimum Gasteiger partial charge on any atom is -0.376 e. The van der Waals surface area contributed by atoms with Gasteiger partial charge in [0, 0.05) is 44.9 Å². The highest BCUT2D eigenvalue weighted by atomic mass is 16.5. The molecule has 2 fully saturated rings. The van der Waals surface area contributed by atoms with Gasteiger partial charge in [-0.25, -0.2) is 9.97 Å². The maximum atomic E-state index is 6.00. The Hall–Kier alpha value is -2.15. The van der Waals surface area contributed by atoms with E-state index in [1.807, 2.05) is 17.9 Å². The summed E-state index contributed by atoms with van der Waals surface area (Å²) in [6.45, 7) is 7.29. The largest absolute Gasteiger partial charge is 0.376 e. The van der Waals surface area contributed by atoms with Crippen LogP contribution in [0.1, 0.15) is 44.6 Å². The van der Waals surface area contributed by atoms with Crippen LogP contribution in [-0.2, 0) is 11.8 Å². The first-order chi connectivity index (χ1) is 13.1. The third kappa shape index (κ3) is 4.08. The number of nitrogens with one attached hydrogen (secondary N) is 1. The van der Waals surface area contributed by atoms with Crippen LogP contribution in [0.2, 0.25) is 0 Å². The molecule has 2 aromatic heterocycles. The van der Waals surface area contributed by atoms with Crippen molar-refractivity contribution in [1.29, 1.82) is 0 Å². The second kappa shape index (κ2) is 7.84. The second-order valence-electron chi connectivity index (χ2n) is 8.11. The van der Waals surface area contributed by atoms with Crippen LogP contribution in [0.5, 0.6) is 0 Å².